The zero-order valence-corrected chi connectivity index (χ0v) is 12.2. The van der Waals surface area contributed by atoms with Crippen LogP contribution in [-0.4, -0.2) is 21.4 Å². The summed E-state index contributed by atoms with van der Waals surface area (Å²) in [6, 6.07) is 7.71. The molecule has 1 aromatic heterocycles. The first-order valence-corrected chi connectivity index (χ1v) is 7.00. The quantitative estimate of drug-likeness (QED) is 0.650. The molecule has 0 radical (unpaired) electrons. The largest absolute Gasteiger partial charge is 0.365 e. The summed E-state index contributed by atoms with van der Waals surface area (Å²) in [5.41, 5.74) is 2.20. The van der Waals surface area contributed by atoms with Gasteiger partial charge in [-0.2, -0.15) is 0 Å². The van der Waals surface area contributed by atoms with E-state index in [0.717, 1.165) is 18.4 Å². The minimum absolute atomic E-state index is 0.0809. The fourth-order valence-corrected chi connectivity index (χ4v) is 2.18. The van der Waals surface area contributed by atoms with Gasteiger partial charge in [-0.25, -0.2) is 9.97 Å². The number of aryl methyl sites for hydroxylation is 1. The van der Waals surface area contributed by atoms with Crippen molar-refractivity contribution in [1.82, 2.24) is 9.97 Å². The topological polar surface area (TPSA) is 81.0 Å². The molecule has 0 bridgehead atoms. The highest BCUT2D eigenvalue weighted by atomic mass is 16.6. The molecule has 0 unspecified atom stereocenters. The molecular weight excluding hydrogens is 268 g/mol. The maximum atomic E-state index is 11.3. The maximum absolute atomic E-state index is 11.3. The lowest BCUT2D eigenvalue weighted by atomic mass is 10.0. The molecule has 0 aliphatic carbocycles. The molecule has 0 saturated carbocycles. The van der Waals surface area contributed by atoms with Crippen molar-refractivity contribution in [2.24, 2.45) is 0 Å². The fraction of sp³-hybridized carbons (Fsp3) is 0.333. The molecule has 0 aliphatic heterocycles. The lowest BCUT2D eigenvalue weighted by Crippen LogP contribution is -2.06. The zero-order valence-electron chi connectivity index (χ0n) is 12.2. The highest BCUT2D eigenvalue weighted by Crippen LogP contribution is 2.32. The van der Waals surface area contributed by atoms with Crippen LogP contribution in [0.5, 0.6) is 0 Å². The molecule has 110 valence electrons. The van der Waals surface area contributed by atoms with E-state index in [4.69, 9.17) is 0 Å². The summed E-state index contributed by atoms with van der Waals surface area (Å²) < 4.78 is 0. The standard InChI is InChI=1S/C15H18N4O2/c1-3-5-11-6-8-12(9-7-11)13-14(19(20)21)15(16-4-2)18-10-17-13/h6-10H,3-5H2,1-2H3,(H,16,17,18). The molecule has 1 heterocycles. The van der Waals surface area contributed by atoms with Gasteiger partial charge in [0.05, 0.1) is 4.92 Å². The molecule has 0 aliphatic rings. The number of anilines is 1. The average molecular weight is 286 g/mol. The van der Waals surface area contributed by atoms with E-state index >= 15 is 0 Å². The Kier molecular flexibility index (Phi) is 4.81. The van der Waals surface area contributed by atoms with Crippen molar-refractivity contribution in [2.45, 2.75) is 26.7 Å². The number of nitro groups is 1. The molecule has 1 aromatic carbocycles. The van der Waals surface area contributed by atoms with E-state index < -0.39 is 4.92 Å². The zero-order chi connectivity index (χ0) is 15.2. The Labute approximate surface area is 123 Å². The molecule has 0 fully saturated rings. The van der Waals surface area contributed by atoms with Crippen LogP contribution < -0.4 is 5.32 Å². The Bertz CT molecular complexity index is 626. The van der Waals surface area contributed by atoms with Crippen molar-refractivity contribution in [1.29, 1.82) is 0 Å². The van der Waals surface area contributed by atoms with Crippen molar-refractivity contribution in [3.05, 3.63) is 46.3 Å². The minimum atomic E-state index is -0.437. The Morgan fingerprint density at radius 3 is 2.48 bits per heavy atom. The summed E-state index contributed by atoms with van der Waals surface area (Å²) in [5.74, 6) is 0.255. The second-order valence-corrected chi connectivity index (χ2v) is 4.65. The van der Waals surface area contributed by atoms with Crippen LogP contribution in [0.2, 0.25) is 0 Å². The normalized spacial score (nSPS) is 10.4. The van der Waals surface area contributed by atoms with E-state index in [9.17, 15) is 10.1 Å². The van der Waals surface area contributed by atoms with E-state index in [-0.39, 0.29) is 11.5 Å². The highest BCUT2D eigenvalue weighted by molar-refractivity contribution is 5.76. The third-order valence-corrected chi connectivity index (χ3v) is 3.12. The lowest BCUT2D eigenvalue weighted by molar-refractivity contribution is -0.383. The van der Waals surface area contributed by atoms with Gasteiger partial charge in [0.15, 0.2) is 5.69 Å². The van der Waals surface area contributed by atoms with E-state index in [1.165, 1.54) is 11.9 Å². The summed E-state index contributed by atoms with van der Waals surface area (Å²) in [5, 5.41) is 14.3. The van der Waals surface area contributed by atoms with Gasteiger partial charge in [0.25, 0.3) is 0 Å². The predicted molar refractivity (Wildman–Crippen MR) is 82.3 cm³/mol. The average Bonchev–Trinajstić information content (AvgIpc) is 2.48. The molecule has 2 aromatic rings. The molecule has 1 N–H and O–H groups in total. The Hall–Kier alpha value is -2.50. The summed E-state index contributed by atoms with van der Waals surface area (Å²) in [4.78, 5) is 19.0. The highest BCUT2D eigenvalue weighted by Gasteiger charge is 2.23. The number of nitrogens with one attached hydrogen (secondary N) is 1. The molecule has 0 amide bonds. The molecule has 2 rings (SSSR count). The summed E-state index contributed by atoms with van der Waals surface area (Å²) >= 11 is 0. The molecule has 0 spiro atoms. The molecule has 21 heavy (non-hydrogen) atoms. The number of hydrogen-bond acceptors (Lipinski definition) is 5. The number of nitrogens with zero attached hydrogens (tertiary/aromatic N) is 3. The second kappa shape index (κ2) is 6.78. The van der Waals surface area contributed by atoms with Gasteiger partial charge in [0.1, 0.15) is 6.33 Å². The first-order chi connectivity index (χ1) is 10.2. The summed E-state index contributed by atoms with van der Waals surface area (Å²) in [6.07, 6.45) is 3.41. The monoisotopic (exact) mass is 286 g/mol. The number of hydrogen-bond donors (Lipinski definition) is 1. The third kappa shape index (κ3) is 3.34. The molecule has 6 heteroatoms. The van der Waals surface area contributed by atoms with Gasteiger partial charge in [-0.15, -0.1) is 0 Å². The van der Waals surface area contributed by atoms with Crippen molar-refractivity contribution in [3.8, 4) is 11.3 Å². The Morgan fingerprint density at radius 2 is 1.90 bits per heavy atom. The van der Waals surface area contributed by atoms with Crippen molar-refractivity contribution in [3.63, 3.8) is 0 Å². The minimum Gasteiger partial charge on any atom is -0.365 e. The van der Waals surface area contributed by atoms with Crippen LogP contribution in [0.1, 0.15) is 25.8 Å². The second-order valence-electron chi connectivity index (χ2n) is 4.65. The summed E-state index contributed by atoms with van der Waals surface area (Å²) in [6.45, 7) is 4.55. The van der Waals surface area contributed by atoms with Crippen LogP contribution in [0.4, 0.5) is 11.5 Å². The number of aromatic nitrogens is 2. The summed E-state index contributed by atoms with van der Waals surface area (Å²) in [7, 11) is 0. The van der Waals surface area contributed by atoms with Crippen LogP contribution in [0.25, 0.3) is 11.3 Å². The molecular formula is C15H18N4O2. The van der Waals surface area contributed by atoms with Gasteiger partial charge >= 0.3 is 5.69 Å². The Morgan fingerprint density at radius 1 is 1.19 bits per heavy atom. The van der Waals surface area contributed by atoms with Gasteiger partial charge in [-0.05, 0) is 18.9 Å². The van der Waals surface area contributed by atoms with Gasteiger partial charge in [-0.1, -0.05) is 37.6 Å². The van der Waals surface area contributed by atoms with Gasteiger partial charge in [-0.3, -0.25) is 10.1 Å². The fourth-order valence-electron chi connectivity index (χ4n) is 2.18. The first kappa shape index (κ1) is 14.9. The van der Waals surface area contributed by atoms with E-state index in [1.807, 2.05) is 31.2 Å². The molecule has 0 atom stereocenters. The van der Waals surface area contributed by atoms with E-state index in [2.05, 4.69) is 22.2 Å². The number of rotatable bonds is 6. The lowest BCUT2D eigenvalue weighted by Gasteiger charge is -2.07. The molecule has 6 nitrogen and oxygen atoms in total. The van der Waals surface area contributed by atoms with Crippen molar-refractivity contribution < 1.29 is 4.92 Å². The molecule has 0 saturated heterocycles. The van der Waals surface area contributed by atoms with Gasteiger partial charge in [0.2, 0.25) is 5.82 Å². The van der Waals surface area contributed by atoms with E-state index in [0.29, 0.717) is 12.2 Å². The van der Waals surface area contributed by atoms with Crippen molar-refractivity contribution in [2.75, 3.05) is 11.9 Å². The van der Waals surface area contributed by atoms with Crippen LogP contribution in [-0.2, 0) is 6.42 Å². The van der Waals surface area contributed by atoms with Crippen molar-refractivity contribution >= 4 is 11.5 Å². The predicted octanol–water partition coefficient (Wildman–Crippen LogP) is 3.44. The SMILES string of the molecule is CCCc1ccc(-c2ncnc(NCC)c2[N+](=O)[O-])cc1. The smallest absolute Gasteiger partial charge is 0.337 e. The van der Waals surface area contributed by atoms with Crippen LogP contribution in [0.3, 0.4) is 0 Å². The third-order valence-electron chi connectivity index (χ3n) is 3.12. The van der Waals surface area contributed by atoms with Gasteiger partial charge in [0, 0.05) is 12.1 Å². The van der Waals surface area contributed by atoms with Crippen LogP contribution in [0.15, 0.2) is 30.6 Å². The first-order valence-electron chi connectivity index (χ1n) is 7.00. The van der Waals surface area contributed by atoms with E-state index in [1.54, 1.807) is 0 Å². The Balaban J connectivity index is 2.47. The van der Waals surface area contributed by atoms with Crippen LogP contribution in [0, 0.1) is 10.1 Å². The maximum Gasteiger partial charge on any atom is 0.337 e. The van der Waals surface area contributed by atoms with Gasteiger partial charge < -0.3 is 5.32 Å². The number of benzene rings is 1. The van der Waals surface area contributed by atoms with Crippen LogP contribution >= 0.6 is 0 Å².